The highest BCUT2D eigenvalue weighted by atomic mass is 32.2. The van der Waals surface area contributed by atoms with Gasteiger partial charge in [0.2, 0.25) is 0 Å². The summed E-state index contributed by atoms with van der Waals surface area (Å²) in [6.07, 6.45) is 1.26. The summed E-state index contributed by atoms with van der Waals surface area (Å²) in [4.78, 5) is 13.2. The van der Waals surface area contributed by atoms with Crippen LogP contribution in [0.3, 0.4) is 0 Å². The molecule has 3 aromatic rings. The van der Waals surface area contributed by atoms with Gasteiger partial charge in [-0.05, 0) is 56.2 Å². The average Bonchev–Trinajstić information content (AvgIpc) is 2.66. The van der Waals surface area contributed by atoms with Crippen molar-refractivity contribution in [1.82, 2.24) is 0 Å². The van der Waals surface area contributed by atoms with Gasteiger partial charge in [-0.1, -0.05) is 17.7 Å². The van der Waals surface area contributed by atoms with Crippen molar-refractivity contribution in [3.63, 3.8) is 0 Å². The number of ketones is 1. The van der Waals surface area contributed by atoms with Gasteiger partial charge >= 0.3 is 0 Å². The number of hydrogen-bond acceptors (Lipinski definition) is 4. The predicted molar refractivity (Wildman–Crippen MR) is 111 cm³/mol. The lowest BCUT2D eigenvalue weighted by molar-refractivity contribution is -0.612. The molecule has 7 heteroatoms. The SMILES string of the molecule is Cc1ccc(S(=O)(=O)Nc2cc(C)c(C)cc2C(=O)c2cc[n+]([O-])c(C)c2)cc1. The Balaban J connectivity index is 2.07. The molecule has 1 N–H and O–H groups in total. The molecule has 0 unspecified atom stereocenters. The van der Waals surface area contributed by atoms with Gasteiger partial charge in [0.1, 0.15) is 0 Å². The van der Waals surface area contributed by atoms with E-state index < -0.39 is 10.0 Å². The van der Waals surface area contributed by atoms with E-state index in [9.17, 15) is 18.4 Å². The van der Waals surface area contributed by atoms with E-state index in [1.165, 1.54) is 30.5 Å². The number of rotatable bonds is 5. The first kappa shape index (κ1) is 20.5. The molecule has 0 bridgehead atoms. The average molecular weight is 410 g/mol. The molecule has 0 amide bonds. The summed E-state index contributed by atoms with van der Waals surface area (Å²) in [5.74, 6) is -0.363. The zero-order valence-corrected chi connectivity index (χ0v) is 17.5. The lowest BCUT2D eigenvalue weighted by atomic mass is 9.97. The minimum atomic E-state index is -3.87. The van der Waals surface area contributed by atoms with Gasteiger partial charge < -0.3 is 5.21 Å². The number of nitrogens with one attached hydrogen (secondary N) is 1. The maximum Gasteiger partial charge on any atom is 0.261 e. The van der Waals surface area contributed by atoms with Crippen molar-refractivity contribution in [3.8, 4) is 0 Å². The molecule has 2 aromatic carbocycles. The summed E-state index contributed by atoms with van der Waals surface area (Å²) in [5.41, 5.74) is 3.78. The van der Waals surface area contributed by atoms with Gasteiger partial charge in [0.25, 0.3) is 10.0 Å². The van der Waals surface area contributed by atoms with Crippen LogP contribution < -0.4 is 9.45 Å². The fourth-order valence-corrected chi connectivity index (χ4v) is 3.98. The van der Waals surface area contributed by atoms with Gasteiger partial charge in [0, 0.05) is 30.2 Å². The van der Waals surface area contributed by atoms with Gasteiger partial charge in [0.15, 0.2) is 17.7 Å². The summed E-state index contributed by atoms with van der Waals surface area (Å²) in [6.45, 7) is 7.18. The molecule has 6 nitrogen and oxygen atoms in total. The molecule has 0 spiro atoms. The Bertz CT molecular complexity index is 1200. The van der Waals surface area contributed by atoms with Gasteiger partial charge in [-0.15, -0.1) is 0 Å². The van der Waals surface area contributed by atoms with E-state index in [2.05, 4.69) is 4.72 Å². The highest BCUT2D eigenvalue weighted by molar-refractivity contribution is 7.92. The van der Waals surface area contributed by atoms with Crippen LogP contribution in [0, 0.1) is 32.9 Å². The Kier molecular flexibility index (Phi) is 5.44. The maximum absolute atomic E-state index is 13.1. The number of carbonyl (C=O) groups excluding carboxylic acids is 1. The van der Waals surface area contributed by atoms with E-state index >= 15 is 0 Å². The van der Waals surface area contributed by atoms with E-state index in [4.69, 9.17) is 0 Å². The Morgan fingerprint density at radius 1 is 0.931 bits per heavy atom. The predicted octanol–water partition coefficient (Wildman–Crippen LogP) is 3.59. The minimum absolute atomic E-state index is 0.114. The summed E-state index contributed by atoms with van der Waals surface area (Å²) in [5, 5.41) is 11.6. The minimum Gasteiger partial charge on any atom is -0.619 e. The van der Waals surface area contributed by atoms with Crippen LogP contribution >= 0.6 is 0 Å². The van der Waals surface area contributed by atoms with Crippen LogP contribution in [0.15, 0.2) is 59.6 Å². The fourth-order valence-electron chi connectivity index (χ4n) is 2.91. The van der Waals surface area contributed by atoms with Gasteiger partial charge in [-0.3, -0.25) is 9.52 Å². The standard InChI is InChI=1S/C22H22N2O4S/c1-14-5-7-19(8-6-14)29(27,28)23-21-12-16(3)15(2)11-20(21)22(25)18-9-10-24(26)17(4)13-18/h5-13,23H,1-4H3. The molecular formula is C22H22N2O4S. The zero-order chi connectivity index (χ0) is 21.3. The number of hydrogen-bond donors (Lipinski definition) is 1. The number of carbonyl (C=O) groups is 1. The maximum atomic E-state index is 13.1. The van der Waals surface area contributed by atoms with Gasteiger partial charge in [-0.2, -0.15) is 4.73 Å². The molecule has 0 aliphatic carbocycles. The van der Waals surface area contributed by atoms with Crippen LogP contribution in [0.5, 0.6) is 0 Å². The molecule has 1 aromatic heterocycles. The Morgan fingerprint density at radius 2 is 1.55 bits per heavy atom. The first-order chi connectivity index (χ1) is 13.6. The number of aromatic nitrogens is 1. The van der Waals surface area contributed by atoms with E-state index in [1.807, 2.05) is 20.8 Å². The third-order valence-corrected chi connectivity index (χ3v) is 6.20. The molecule has 0 radical (unpaired) electrons. The Labute approximate surface area is 170 Å². The normalized spacial score (nSPS) is 11.3. The molecule has 1 heterocycles. The number of sulfonamides is 1. The van der Waals surface area contributed by atoms with Crippen molar-refractivity contribution >= 4 is 21.5 Å². The molecule has 0 atom stereocenters. The highest BCUT2D eigenvalue weighted by Crippen LogP contribution is 2.26. The van der Waals surface area contributed by atoms with Crippen molar-refractivity contribution in [2.75, 3.05) is 4.72 Å². The molecule has 29 heavy (non-hydrogen) atoms. The Hall–Kier alpha value is -3.19. The van der Waals surface area contributed by atoms with Gasteiger partial charge in [0.05, 0.1) is 10.6 Å². The smallest absolute Gasteiger partial charge is 0.261 e. The molecule has 0 saturated carbocycles. The van der Waals surface area contributed by atoms with Crippen LogP contribution in [0.4, 0.5) is 5.69 Å². The third-order valence-electron chi connectivity index (χ3n) is 4.82. The van der Waals surface area contributed by atoms with Crippen molar-refractivity contribution in [2.24, 2.45) is 0 Å². The van der Waals surface area contributed by atoms with Crippen molar-refractivity contribution in [1.29, 1.82) is 0 Å². The van der Waals surface area contributed by atoms with Crippen LogP contribution in [0.25, 0.3) is 0 Å². The molecule has 0 aliphatic heterocycles. The van der Waals surface area contributed by atoms with Crippen molar-refractivity contribution in [3.05, 3.63) is 93.4 Å². The first-order valence-corrected chi connectivity index (χ1v) is 10.5. The van der Waals surface area contributed by atoms with Gasteiger partial charge in [-0.25, -0.2) is 8.42 Å². The second-order valence-electron chi connectivity index (χ2n) is 7.11. The molecule has 0 fully saturated rings. The van der Waals surface area contributed by atoms with Crippen LogP contribution in [0.2, 0.25) is 0 Å². The quantitative estimate of drug-likeness (QED) is 0.395. The first-order valence-electron chi connectivity index (χ1n) is 9.04. The molecule has 0 aliphatic rings. The fraction of sp³-hybridized carbons (Fsp3) is 0.182. The zero-order valence-electron chi connectivity index (χ0n) is 16.7. The summed E-state index contributed by atoms with van der Waals surface area (Å²) < 4.78 is 28.9. The molecule has 0 saturated heterocycles. The van der Waals surface area contributed by atoms with Crippen LogP contribution in [-0.4, -0.2) is 14.2 Å². The van der Waals surface area contributed by atoms with E-state index in [0.29, 0.717) is 16.0 Å². The second-order valence-corrected chi connectivity index (χ2v) is 8.79. The topological polar surface area (TPSA) is 90.2 Å². The Morgan fingerprint density at radius 3 is 2.17 bits per heavy atom. The van der Waals surface area contributed by atoms with Crippen LogP contribution in [-0.2, 0) is 10.0 Å². The summed E-state index contributed by atoms with van der Waals surface area (Å²) in [6, 6.07) is 12.7. The summed E-state index contributed by atoms with van der Waals surface area (Å²) in [7, 11) is -3.87. The number of aryl methyl sites for hydroxylation is 4. The molecule has 150 valence electrons. The summed E-state index contributed by atoms with van der Waals surface area (Å²) >= 11 is 0. The van der Waals surface area contributed by atoms with E-state index in [1.54, 1.807) is 31.2 Å². The second kappa shape index (κ2) is 7.67. The number of benzene rings is 2. The lowest BCUT2D eigenvalue weighted by Gasteiger charge is -2.15. The van der Waals surface area contributed by atoms with E-state index in [-0.39, 0.29) is 21.9 Å². The third kappa shape index (κ3) is 4.30. The van der Waals surface area contributed by atoms with Crippen molar-refractivity contribution in [2.45, 2.75) is 32.6 Å². The number of anilines is 1. The number of pyridine rings is 1. The van der Waals surface area contributed by atoms with Crippen LogP contribution in [0.1, 0.15) is 38.3 Å². The molecule has 3 rings (SSSR count). The van der Waals surface area contributed by atoms with E-state index in [0.717, 1.165) is 16.7 Å². The number of nitrogens with zero attached hydrogens (tertiary/aromatic N) is 1. The monoisotopic (exact) mass is 410 g/mol. The highest BCUT2D eigenvalue weighted by Gasteiger charge is 2.21. The van der Waals surface area contributed by atoms with Crippen molar-refractivity contribution < 1.29 is 17.9 Å². The largest absolute Gasteiger partial charge is 0.619 e. The molecular weight excluding hydrogens is 388 g/mol. The lowest BCUT2D eigenvalue weighted by Crippen LogP contribution is -2.29.